The van der Waals surface area contributed by atoms with E-state index in [1.165, 1.54) is 24.3 Å². The van der Waals surface area contributed by atoms with Crippen molar-refractivity contribution in [2.24, 2.45) is 0 Å². The fourth-order valence-electron chi connectivity index (χ4n) is 4.80. The lowest BCUT2D eigenvalue weighted by Crippen LogP contribution is -2.38. The number of nitrogens with one attached hydrogen (secondary N) is 1. The van der Waals surface area contributed by atoms with Gasteiger partial charge in [-0.25, -0.2) is 18.8 Å². The van der Waals surface area contributed by atoms with E-state index in [4.69, 9.17) is 19.4 Å². The molecule has 0 bridgehead atoms. The van der Waals surface area contributed by atoms with Gasteiger partial charge in [0.2, 0.25) is 0 Å². The van der Waals surface area contributed by atoms with Gasteiger partial charge in [0.25, 0.3) is 0 Å². The molecule has 2 unspecified atom stereocenters. The van der Waals surface area contributed by atoms with Crippen LogP contribution in [0.15, 0.2) is 67.0 Å². The van der Waals surface area contributed by atoms with Crippen LogP contribution in [0.3, 0.4) is 0 Å². The first-order valence-electron chi connectivity index (χ1n) is 14.4. The first-order valence-corrected chi connectivity index (χ1v) is 14.4. The van der Waals surface area contributed by atoms with Gasteiger partial charge in [-0.1, -0.05) is 24.3 Å². The number of carboxylic acids is 2. The fraction of sp³-hybridized carbons (Fsp3) is 0.375. The molecule has 1 aliphatic rings. The first kappa shape index (κ1) is 35.9. The molecule has 2 amide bonds. The number of anilines is 1. The van der Waals surface area contributed by atoms with Crippen LogP contribution < -0.4 is 5.32 Å². The Morgan fingerprint density at radius 3 is 2.28 bits per heavy atom. The van der Waals surface area contributed by atoms with E-state index in [2.05, 4.69) is 10.3 Å². The van der Waals surface area contributed by atoms with Crippen molar-refractivity contribution in [3.8, 4) is 0 Å². The summed E-state index contributed by atoms with van der Waals surface area (Å²) in [5, 5.41) is 19.5. The van der Waals surface area contributed by atoms with E-state index in [0.29, 0.717) is 48.5 Å². The normalized spacial score (nSPS) is 16.1. The van der Waals surface area contributed by atoms with Gasteiger partial charge in [-0.15, -0.1) is 0 Å². The number of hydrogen-bond donors (Lipinski definition) is 3. The zero-order chi connectivity index (χ0) is 33.7. The maximum atomic E-state index is 13.3. The second-order valence-electron chi connectivity index (χ2n) is 10.5. The molecular formula is C32H35F4N3O7. The highest BCUT2D eigenvalue weighted by atomic mass is 19.4. The van der Waals surface area contributed by atoms with E-state index in [1.54, 1.807) is 36.4 Å². The van der Waals surface area contributed by atoms with E-state index in [0.717, 1.165) is 24.8 Å². The molecule has 0 saturated heterocycles. The Bertz CT molecular complexity index is 1440. The van der Waals surface area contributed by atoms with Crippen LogP contribution in [-0.2, 0) is 27.4 Å². The number of aryl methyl sites for hydroxylation is 1. The van der Waals surface area contributed by atoms with Crippen molar-refractivity contribution in [2.75, 3.05) is 18.5 Å². The van der Waals surface area contributed by atoms with E-state index < -0.39 is 18.1 Å². The molecule has 0 spiro atoms. The number of benzene rings is 2. The number of carbonyl (C=O) groups excluding carboxylic acids is 1. The summed E-state index contributed by atoms with van der Waals surface area (Å²) in [5.74, 6) is -4.08. The van der Waals surface area contributed by atoms with Crippen molar-refractivity contribution in [3.63, 3.8) is 0 Å². The van der Waals surface area contributed by atoms with E-state index in [9.17, 15) is 32.3 Å². The van der Waals surface area contributed by atoms with E-state index >= 15 is 0 Å². The number of ether oxygens (including phenoxy) is 2. The highest BCUT2D eigenvalue weighted by Crippen LogP contribution is 2.26. The minimum atomic E-state index is -5.08. The van der Waals surface area contributed by atoms with Gasteiger partial charge in [0.1, 0.15) is 5.82 Å². The smallest absolute Gasteiger partial charge is 0.478 e. The van der Waals surface area contributed by atoms with Crippen molar-refractivity contribution in [2.45, 2.75) is 64.1 Å². The second-order valence-corrected chi connectivity index (χ2v) is 10.5. The lowest BCUT2D eigenvalue weighted by Gasteiger charge is -2.30. The van der Waals surface area contributed by atoms with Gasteiger partial charge in [-0.2, -0.15) is 13.2 Å². The molecule has 2 atom stereocenters. The Morgan fingerprint density at radius 1 is 1.00 bits per heavy atom. The largest absolute Gasteiger partial charge is 0.490 e. The number of carboxylic acid groups (broad SMARTS) is 2. The summed E-state index contributed by atoms with van der Waals surface area (Å²) in [6.07, 6.45) is 1.71. The molecule has 10 nitrogen and oxygen atoms in total. The molecule has 1 saturated carbocycles. The molecule has 3 N–H and O–H groups in total. The van der Waals surface area contributed by atoms with Crippen molar-refractivity contribution >= 4 is 23.7 Å². The monoisotopic (exact) mass is 649 g/mol. The number of carbonyl (C=O) groups is 3. The Labute approximate surface area is 263 Å². The predicted molar refractivity (Wildman–Crippen MR) is 159 cm³/mol. The number of pyridine rings is 1. The summed E-state index contributed by atoms with van der Waals surface area (Å²) >= 11 is 0. The van der Waals surface area contributed by atoms with Gasteiger partial charge in [-0.3, -0.25) is 4.98 Å². The number of aromatic carboxylic acids is 1. The highest BCUT2D eigenvalue weighted by Gasteiger charge is 2.38. The van der Waals surface area contributed by atoms with Gasteiger partial charge < -0.3 is 29.9 Å². The Morgan fingerprint density at radius 2 is 1.67 bits per heavy atom. The number of amides is 2. The third kappa shape index (κ3) is 11.7. The van der Waals surface area contributed by atoms with Crippen molar-refractivity contribution in [1.29, 1.82) is 0 Å². The molecule has 1 heterocycles. The number of aromatic nitrogens is 1. The summed E-state index contributed by atoms with van der Waals surface area (Å²) < 4.78 is 57.3. The summed E-state index contributed by atoms with van der Waals surface area (Å²) in [7, 11) is 0. The van der Waals surface area contributed by atoms with Crippen LogP contribution in [0.4, 0.5) is 28.0 Å². The molecule has 3 aromatic rings. The minimum Gasteiger partial charge on any atom is -0.478 e. The number of halogens is 4. The van der Waals surface area contributed by atoms with E-state index in [1.807, 2.05) is 18.2 Å². The SMILES string of the molecule is Cc1cccc(COC2CCCC(OCCN(Cc3cccnc3)C(=O)Nc3ccc(F)cc3)C2)c1C(=O)O.O=C(O)C(F)(F)F. The zero-order valence-corrected chi connectivity index (χ0v) is 25.0. The minimum absolute atomic E-state index is 0.0133. The van der Waals surface area contributed by atoms with Gasteiger partial charge in [0, 0.05) is 31.2 Å². The molecule has 2 aromatic carbocycles. The summed E-state index contributed by atoms with van der Waals surface area (Å²) in [6, 6.07) is 14.5. The average molecular weight is 650 g/mol. The average Bonchev–Trinajstić information content (AvgIpc) is 3.01. The molecule has 1 aromatic heterocycles. The Hall–Kier alpha value is -4.56. The van der Waals surface area contributed by atoms with Crippen LogP contribution in [0.25, 0.3) is 0 Å². The summed E-state index contributed by atoms with van der Waals surface area (Å²) in [5.41, 5.74) is 3.07. The quantitative estimate of drug-likeness (QED) is 0.202. The predicted octanol–water partition coefficient (Wildman–Crippen LogP) is 6.44. The van der Waals surface area contributed by atoms with Crippen molar-refractivity contribution in [1.82, 2.24) is 9.88 Å². The fourth-order valence-corrected chi connectivity index (χ4v) is 4.80. The van der Waals surface area contributed by atoms with E-state index in [-0.39, 0.29) is 30.7 Å². The van der Waals surface area contributed by atoms with Crippen LogP contribution in [-0.4, -0.2) is 69.6 Å². The van der Waals surface area contributed by atoms with Crippen LogP contribution >= 0.6 is 0 Å². The highest BCUT2D eigenvalue weighted by molar-refractivity contribution is 5.91. The number of rotatable bonds is 11. The van der Waals surface area contributed by atoms with Crippen LogP contribution in [0, 0.1) is 12.7 Å². The number of hydrogen-bond acceptors (Lipinski definition) is 6. The number of alkyl halides is 3. The zero-order valence-electron chi connectivity index (χ0n) is 25.0. The van der Waals surface area contributed by atoms with Crippen LogP contribution in [0.1, 0.15) is 52.7 Å². The van der Waals surface area contributed by atoms with Gasteiger partial charge in [-0.05, 0) is 79.6 Å². The maximum Gasteiger partial charge on any atom is 0.490 e. The van der Waals surface area contributed by atoms with Crippen molar-refractivity contribution in [3.05, 3.63) is 95.1 Å². The number of urea groups is 1. The standard InChI is InChI=1S/C30H34FN3O5.C2HF3O2/c1-21-5-2-7-23(28(21)29(35)36)20-39-27-9-3-8-26(17-27)38-16-15-34(19-22-6-4-14-32-18-22)30(37)33-25-12-10-24(31)11-13-25;3-2(4,5)1(6)7/h2,4-7,10-14,18,26-27H,3,8-9,15-17,19-20H2,1H3,(H,33,37)(H,35,36);(H,6,7). The Kier molecular flexibility index (Phi) is 13.4. The van der Waals surface area contributed by atoms with Gasteiger partial charge in [0.15, 0.2) is 0 Å². The molecule has 248 valence electrons. The lowest BCUT2D eigenvalue weighted by atomic mass is 9.94. The Balaban J connectivity index is 0.000000738. The molecule has 0 aliphatic heterocycles. The molecular weight excluding hydrogens is 614 g/mol. The number of nitrogens with zero attached hydrogens (tertiary/aromatic N) is 2. The van der Waals surface area contributed by atoms with Gasteiger partial charge >= 0.3 is 24.1 Å². The second kappa shape index (κ2) is 17.2. The summed E-state index contributed by atoms with van der Waals surface area (Å²) in [4.78, 5) is 39.4. The molecule has 46 heavy (non-hydrogen) atoms. The van der Waals surface area contributed by atoms with Gasteiger partial charge in [0.05, 0.1) is 31.0 Å². The lowest BCUT2D eigenvalue weighted by molar-refractivity contribution is -0.192. The molecule has 14 heteroatoms. The topological polar surface area (TPSA) is 138 Å². The third-order valence-corrected chi connectivity index (χ3v) is 7.06. The molecule has 1 aliphatic carbocycles. The van der Waals surface area contributed by atoms with Crippen molar-refractivity contribution < 1.29 is 51.6 Å². The molecule has 4 rings (SSSR count). The molecule has 0 radical (unpaired) electrons. The third-order valence-electron chi connectivity index (χ3n) is 7.06. The van der Waals surface area contributed by atoms with Crippen LogP contribution in [0.2, 0.25) is 0 Å². The molecule has 1 fully saturated rings. The maximum absolute atomic E-state index is 13.3. The van der Waals surface area contributed by atoms with Crippen LogP contribution in [0.5, 0.6) is 0 Å². The number of aliphatic carboxylic acids is 1. The summed E-state index contributed by atoms with van der Waals surface area (Å²) in [6.45, 7) is 3.08. The first-order chi connectivity index (χ1) is 21.8.